The van der Waals surface area contributed by atoms with Gasteiger partial charge in [-0.2, -0.15) is 0 Å². The molecule has 0 saturated carbocycles. The molecule has 8 nitrogen and oxygen atoms in total. The fourth-order valence-electron chi connectivity index (χ4n) is 3.29. The van der Waals surface area contributed by atoms with Gasteiger partial charge in [-0.1, -0.05) is 6.07 Å². The van der Waals surface area contributed by atoms with Crippen LogP contribution in [-0.2, 0) is 14.8 Å². The smallest absolute Gasteiger partial charge is 0.241 e. The first-order valence-electron chi connectivity index (χ1n) is 8.83. The van der Waals surface area contributed by atoms with Crippen LogP contribution in [0.25, 0.3) is 0 Å². The van der Waals surface area contributed by atoms with Gasteiger partial charge in [0.2, 0.25) is 15.9 Å². The molecule has 1 N–H and O–H groups in total. The second-order valence-corrected chi connectivity index (χ2v) is 8.25. The summed E-state index contributed by atoms with van der Waals surface area (Å²) in [7, 11) is -2.26. The van der Waals surface area contributed by atoms with Gasteiger partial charge in [-0.05, 0) is 24.3 Å². The van der Waals surface area contributed by atoms with E-state index >= 15 is 0 Å². The maximum absolute atomic E-state index is 12.8. The molecule has 1 saturated heterocycles. The van der Waals surface area contributed by atoms with Gasteiger partial charge in [0.05, 0.1) is 12.0 Å². The third-order valence-electron chi connectivity index (χ3n) is 4.64. The lowest BCUT2D eigenvalue weighted by molar-refractivity contribution is -0.117. The van der Waals surface area contributed by atoms with Crippen LogP contribution in [0.15, 0.2) is 47.4 Å². The summed E-state index contributed by atoms with van der Waals surface area (Å²) in [4.78, 5) is 14.0. The molecule has 0 radical (unpaired) electrons. The van der Waals surface area contributed by atoms with Crippen LogP contribution in [0.1, 0.15) is 6.42 Å². The van der Waals surface area contributed by atoms with Crippen molar-refractivity contribution in [2.45, 2.75) is 17.4 Å². The SMILES string of the molecule is COc1cccc(N2CC(NS(=O)(=O)c3ccc4c(c3)OCCO4)CC2=O)c1. The van der Waals surface area contributed by atoms with Crippen molar-refractivity contribution in [3.05, 3.63) is 42.5 Å². The number of carbonyl (C=O) groups excluding carboxylic acids is 1. The molecule has 2 heterocycles. The second kappa shape index (κ2) is 7.33. The maximum atomic E-state index is 12.8. The van der Waals surface area contributed by atoms with Crippen LogP contribution in [-0.4, -0.2) is 47.2 Å². The van der Waals surface area contributed by atoms with E-state index in [9.17, 15) is 13.2 Å². The maximum Gasteiger partial charge on any atom is 0.241 e. The van der Waals surface area contributed by atoms with Crippen LogP contribution in [0, 0.1) is 0 Å². The standard InChI is InChI=1S/C19H20N2O6S/c1-25-15-4-2-3-14(10-15)21-12-13(9-19(21)22)20-28(23,24)16-5-6-17-18(11-16)27-8-7-26-17/h2-6,10-11,13,20H,7-9,12H2,1H3. The number of ether oxygens (including phenoxy) is 3. The van der Waals surface area contributed by atoms with Crippen molar-refractivity contribution in [3.63, 3.8) is 0 Å². The first-order chi connectivity index (χ1) is 13.5. The number of fused-ring (bicyclic) bond motifs is 1. The summed E-state index contributed by atoms with van der Waals surface area (Å²) in [6.45, 7) is 1.05. The zero-order chi connectivity index (χ0) is 19.7. The fourth-order valence-corrected chi connectivity index (χ4v) is 4.53. The Morgan fingerprint density at radius 1 is 1.11 bits per heavy atom. The molecule has 0 bridgehead atoms. The lowest BCUT2D eigenvalue weighted by atomic mass is 10.3. The van der Waals surface area contributed by atoms with E-state index in [0.717, 1.165) is 0 Å². The molecule has 0 aliphatic carbocycles. The minimum atomic E-state index is -3.81. The molecule has 0 aromatic heterocycles. The number of hydrogen-bond acceptors (Lipinski definition) is 6. The van der Waals surface area contributed by atoms with Crippen LogP contribution in [0.5, 0.6) is 17.2 Å². The van der Waals surface area contributed by atoms with Gasteiger partial charge in [-0.15, -0.1) is 0 Å². The highest BCUT2D eigenvalue weighted by Gasteiger charge is 2.34. The number of nitrogens with one attached hydrogen (secondary N) is 1. The van der Waals surface area contributed by atoms with E-state index < -0.39 is 16.1 Å². The molecule has 2 aliphatic rings. The number of anilines is 1. The predicted molar refractivity (Wildman–Crippen MR) is 102 cm³/mol. The Morgan fingerprint density at radius 3 is 2.68 bits per heavy atom. The molecule has 2 aromatic rings. The van der Waals surface area contributed by atoms with Crippen molar-refractivity contribution in [1.29, 1.82) is 0 Å². The average Bonchev–Trinajstić information content (AvgIpc) is 3.07. The van der Waals surface area contributed by atoms with Crippen LogP contribution < -0.4 is 23.8 Å². The topological polar surface area (TPSA) is 94.2 Å². The molecular weight excluding hydrogens is 384 g/mol. The zero-order valence-corrected chi connectivity index (χ0v) is 16.1. The zero-order valence-electron chi connectivity index (χ0n) is 15.3. The third kappa shape index (κ3) is 3.63. The highest BCUT2D eigenvalue weighted by atomic mass is 32.2. The van der Waals surface area contributed by atoms with Gasteiger partial charge >= 0.3 is 0 Å². The van der Waals surface area contributed by atoms with Crippen LogP contribution in [0.3, 0.4) is 0 Å². The van der Waals surface area contributed by atoms with Crippen molar-refractivity contribution < 1.29 is 27.4 Å². The number of benzene rings is 2. The molecule has 1 amide bonds. The van der Waals surface area contributed by atoms with Gasteiger partial charge in [0.15, 0.2) is 11.5 Å². The Kier molecular flexibility index (Phi) is 4.86. The Hall–Kier alpha value is -2.78. The van der Waals surface area contributed by atoms with Crippen molar-refractivity contribution in [1.82, 2.24) is 4.72 Å². The number of sulfonamides is 1. The van der Waals surface area contributed by atoms with Crippen LogP contribution in [0.4, 0.5) is 5.69 Å². The summed E-state index contributed by atoms with van der Waals surface area (Å²) in [6, 6.07) is 11.1. The number of methoxy groups -OCH3 is 1. The molecule has 148 valence electrons. The molecule has 2 aliphatic heterocycles. The molecule has 4 rings (SSSR count). The summed E-state index contributed by atoms with van der Waals surface area (Å²) < 4.78 is 44.2. The Morgan fingerprint density at radius 2 is 1.89 bits per heavy atom. The van der Waals surface area contributed by atoms with Crippen LogP contribution >= 0.6 is 0 Å². The number of rotatable bonds is 5. The van der Waals surface area contributed by atoms with Gasteiger partial charge in [0.1, 0.15) is 19.0 Å². The minimum absolute atomic E-state index is 0.0732. The number of hydrogen-bond donors (Lipinski definition) is 1. The lowest BCUT2D eigenvalue weighted by Gasteiger charge is -2.20. The van der Waals surface area contributed by atoms with E-state index in [1.807, 2.05) is 0 Å². The van der Waals surface area contributed by atoms with Crippen molar-refractivity contribution in [2.75, 3.05) is 31.8 Å². The summed E-state index contributed by atoms with van der Waals surface area (Å²) in [6.07, 6.45) is 0.0843. The van der Waals surface area contributed by atoms with Crippen molar-refractivity contribution in [3.8, 4) is 17.2 Å². The van der Waals surface area contributed by atoms with Gasteiger partial charge in [0.25, 0.3) is 0 Å². The largest absolute Gasteiger partial charge is 0.497 e. The molecule has 2 aromatic carbocycles. The molecule has 9 heteroatoms. The molecule has 1 unspecified atom stereocenters. The highest BCUT2D eigenvalue weighted by Crippen LogP contribution is 2.32. The van der Waals surface area contributed by atoms with Crippen LogP contribution in [0.2, 0.25) is 0 Å². The third-order valence-corrected chi connectivity index (χ3v) is 6.15. The molecule has 1 fully saturated rings. The van der Waals surface area contributed by atoms with Gasteiger partial charge < -0.3 is 19.1 Å². The predicted octanol–water partition coefficient (Wildman–Crippen LogP) is 1.55. The van der Waals surface area contributed by atoms with E-state index in [-0.39, 0.29) is 23.8 Å². The van der Waals surface area contributed by atoms with E-state index in [1.54, 1.807) is 42.3 Å². The summed E-state index contributed by atoms with van der Waals surface area (Å²) in [5.74, 6) is 1.40. The van der Waals surface area contributed by atoms with E-state index in [1.165, 1.54) is 12.1 Å². The lowest BCUT2D eigenvalue weighted by Crippen LogP contribution is -2.37. The molecule has 1 atom stereocenters. The monoisotopic (exact) mass is 404 g/mol. The van der Waals surface area contributed by atoms with E-state index in [2.05, 4.69) is 4.72 Å². The van der Waals surface area contributed by atoms with Gasteiger partial charge in [-0.3, -0.25) is 4.79 Å². The number of amides is 1. The van der Waals surface area contributed by atoms with Crippen molar-refractivity contribution >= 4 is 21.6 Å². The van der Waals surface area contributed by atoms with E-state index in [4.69, 9.17) is 14.2 Å². The Bertz CT molecular complexity index is 1010. The quantitative estimate of drug-likeness (QED) is 0.813. The Labute approximate surface area is 163 Å². The van der Waals surface area contributed by atoms with Gasteiger partial charge in [0, 0.05) is 36.8 Å². The molecule has 0 spiro atoms. The van der Waals surface area contributed by atoms with Crippen molar-refractivity contribution in [2.24, 2.45) is 0 Å². The highest BCUT2D eigenvalue weighted by molar-refractivity contribution is 7.89. The number of nitrogens with zero attached hydrogens (tertiary/aromatic N) is 1. The minimum Gasteiger partial charge on any atom is -0.497 e. The van der Waals surface area contributed by atoms with Gasteiger partial charge in [-0.25, -0.2) is 13.1 Å². The first kappa shape index (κ1) is 18.6. The fraction of sp³-hybridized carbons (Fsp3) is 0.316. The second-order valence-electron chi connectivity index (χ2n) is 6.53. The normalized spacial score (nSPS) is 19.0. The summed E-state index contributed by atoms with van der Waals surface area (Å²) >= 11 is 0. The Balaban J connectivity index is 1.50. The average molecular weight is 404 g/mol. The summed E-state index contributed by atoms with van der Waals surface area (Å²) in [5, 5.41) is 0. The molecular formula is C19H20N2O6S. The number of carbonyl (C=O) groups is 1. The van der Waals surface area contributed by atoms with E-state index in [0.29, 0.717) is 36.1 Å². The first-order valence-corrected chi connectivity index (χ1v) is 10.3. The molecule has 28 heavy (non-hydrogen) atoms. The summed E-state index contributed by atoms with van der Waals surface area (Å²) in [5.41, 5.74) is 0.672.